The number of anilines is 1. The van der Waals surface area contributed by atoms with Gasteiger partial charge in [-0.2, -0.15) is 4.31 Å². The highest BCUT2D eigenvalue weighted by Crippen LogP contribution is 2.25. The van der Waals surface area contributed by atoms with Crippen molar-refractivity contribution in [2.24, 2.45) is 5.92 Å². The number of piperidine rings is 1. The van der Waals surface area contributed by atoms with Crippen LogP contribution in [0.15, 0.2) is 53.4 Å². The van der Waals surface area contributed by atoms with Crippen molar-refractivity contribution in [2.75, 3.05) is 51.6 Å². The third kappa shape index (κ3) is 6.00. The molecule has 4 rings (SSSR count). The summed E-state index contributed by atoms with van der Waals surface area (Å²) in [7, 11) is -1.37. The number of carbonyl (C=O) groups is 1. The number of likely N-dealkylation sites (N-methyl/N-ethyl adjacent to an activating group) is 1. The zero-order valence-corrected chi connectivity index (χ0v) is 20.4. The summed E-state index contributed by atoms with van der Waals surface area (Å²) in [5, 5.41) is 3.05. The van der Waals surface area contributed by atoms with E-state index in [1.165, 1.54) is 9.87 Å². The van der Waals surface area contributed by atoms with Gasteiger partial charge < -0.3 is 10.2 Å². The number of nitrogens with zero attached hydrogens (tertiary/aromatic N) is 3. The Morgan fingerprint density at radius 1 is 0.970 bits per heavy atom. The number of piperazine rings is 1. The number of aryl methyl sites for hydroxylation is 1. The average molecular weight is 471 g/mol. The second kappa shape index (κ2) is 10.3. The predicted molar refractivity (Wildman–Crippen MR) is 131 cm³/mol. The lowest BCUT2D eigenvalue weighted by atomic mass is 9.97. The van der Waals surface area contributed by atoms with Crippen molar-refractivity contribution in [3.8, 4) is 0 Å². The molecule has 0 bridgehead atoms. The zero-order chi connectivity index (χ0) is 23.4. The maximum absolute atomic E-state index is 12.9. The molecular formula is C25H34N4O3S. The molecule has 2 fully saturated rings. The Hall–Kier alpha value is -2.26. The molecule has 1 amide bonds. The largest absolute Gasteiger partial charge is 0.326 e. The summed E-state index contributed by atoms with van der Waals surface area (Å²) in [6.07, 6.45) is 1.05. The number of nitrogens with one attached hydrogen (secondary N) is 1. The minimum Gasteiger partial charge on any atom is -0.326 e. The number of amides is 1. The summed E-state index contributed by atoms with van der Waals surface area (Å²) >= 11 is 0. The Kier molecular flexibility index (Phi) is 7.48. The number of benzene rings is 2. The Morgan fingerprint density at radius 2 is 1.64 bits per heavy atom. The first-order valence-electron chi connectivity index (χ1n) is 11.7. The van der Waals surface area contributed by atoms with Crippen LogP contribution < -0.4 is 5.32 Å². The van der Waals surface area contributed by atoms with Crippen molar-refractivity contribution in [3.63, 3.8) is 0 Å². The molecule has 8 heteroatoms. The van der Waals surface area contributed by atoms with Crippen molar-refractivity contribution in [1.82, 2.24) is 14.1 Å². The summed E-state index contributed by atoms with van der Waals surface area (Å²) < 4.78 is 27.3. The maximum atomic E-state index is 12.9. The molecule has 7 nitrogen and oxygen atoms in total. The monoisotopic (exact) mass is 470 g/mol. The molecule has 0 unspecified atom stereocenters. The van der Waals surface area contributed by atoms with Crippen LogP contribution in [0.4, 0.5) is 5.69 Å². The third-order valence-corrected chi connectivity index (χ3v) is 8.59. The summed E-state index contributed by atoms with van der Waals surface area (Å²) in [4.78, 5) is 18.0. The van der Waals surface area contributed by atoms with E-state index in [1.54, 1.807) is 12.1 Å². The van der Waals surface area contributed by atoms with E-state index in [4.69, 9.17) is 0 Å². The average Bonchev–Trinajstić information content (AvgIpc) is 2.81. The number of rotatable bonds is 6. The fraction of sp³-hybridized carbons (Fsp3) is 0.480. The minimum absolute atomic E-state index is 0.0286. The normalized spacial score (nSPS) is 19.5. The van der Waals surface area contributed by atoms with Gasteiger partial charge in [-0.25, -0.2) is 8.42 Å². The van der Waals surface area contributed by atoms with Gasteiger partial charge in [-0.3, -0.25) is 9.69 Å². The van der Waals surface area contributed by atoms with Gasteiger partial charge in [-0.15, -0.1) is 0 Å². The highest BCUT2D eigenvalue weighted by molar-refractivity contribution is 7.89. The van der Waals surface area contributed by atoms with Crippen LogP contribution in [0.2, 0.25) is 0 Å². The fourth-order valence-corrected chi connectivity index (χ4v) is 5.94. The van der Waals surface area contributed by atoms with Crippen molar-refractivity contribution in [2.45, 2.75) is 31.2 Å². The molecule has 2 heterocycles. The van der Waals surface area contributed by atoms with Crippen LogP contribution in [0, 0.1) is 12.8 Å². The summed E-state index contributed by atoms with van der Waals surface area (Å²) in [6.45, 7) is 7.79. The van der Waals surface area contributed by atoms with Gasteiger partial charge in [0.25, 0.3) is 0 Å². The van der Waals surface area contributed by atoms with E-state index in [2.05, 4.69) is 28.2 Å². The molecule has 178 valence electrons. The fourth-order valence-electron chi connectivity index (χ4n) is 4.47. The molecule has 0 spiro atoms. The van der Waals surface area contributed by atoms with Crippen LogP contribution in [0.25, 0.3) is 0 Å². The number of hydrogen-bond acceptors (Lipinski definition) is 5. The Bertz CT molecular complexity index is 1060. The molecular weight excluding hydrogens is 436 g/mol. The Labute approximate surface area is 197 Å². The standard InChI is InChI=1S/C25H34N4O3S/c1-20-6-8-24(9-7-20)33(31,32)29-12-10-22(11-13-29)25(30)26-23-5-3-4-21(18-23)19-28-16-14-27(2)15-17-28/h3-9,18,22H,10-17,19H2,1-2H3,(H,26,30). The lowest BCUT2D eigenvalue weighted by molar-refractivity contribution is -0.120. The van der Waals surface area contributed by atoms with Crippen LogP contribution in [0.1, 0.15) is 24.0 Å². The number of carbonyl (C=O) groups excluding carboxylic acids is 1. The molecule has 2 saturated heterocycles. The van der Waals surface area contributed by atoms with Crippen LogP contribution in [0.3, 0.4) is 0 Å². The number of hydrogen-bond donors (Lipinski definition) is 1. The van der Waals surface area contributed by atoms with E-state index in [0.29, 0.717) is 30.8 Å². The van der Waals surface area contributed by atoms with E-state index in [0.717, 1.165) is 44.0 Å². The van der Waals surface area contributed by atoms with E-state index >= 15 is 0 Å². The van der Waals surface area contributed by atoms with Gasteiger partial charge in [0.05, 0.1) is 4.90 Å². The molecule has 0 saturated carbocycles. The van der Waals surface area contributed by atoms with Gasteiger partial charge >= 0.3 is 0 Å². The molecule has 33 heavy (non-hydrogen) atoms. The van der Waals surface area contributed by atoms with Crippen molar-refractivity contribution < 1.29 is 13.2 Å². The van der Waals surface area contributed by atoms with Gasteiger partial charge in [0.1, 0.15) is 0 Å². The lowest BCUT2D eigenvalue weighted by Gasteiger charge is -2.32. The van der Waals surface area contributed by atoms with E-state index < -0.39 is 10.0 Å². The second-order valence-electron chi connectivity index (χ2n) is 9.26. The smallest absolute Gasteiger partial charge is 0.243 e. The third-order valence-electron chi connectivity index (χ3n) is 6.68. The molecule has 2 aromatic carbocycles. The molecule has 0 radical (unpaired) electrons. The first-order chi connectivity index (χ1) is 15.8. The van der Waals surface area contributed by atoms with E-state index in [-0.39, 0.29) is 11.8 Å². The summed E-state index contributed by atoms with van der Waals surface area (Å²) in [5.74, 6) is -0.213. The number of sulfonamides is 1. The van der Waals surface area contributed by atoms with Gasteiger partial charge in [0.2, 0.25) is 15.9 Å². The van der Waals surface area contributed by atoms with Gasteiger partial charge in [-0.05, 0) is 56.6 Å². The van der Waals surface area contributed by atoms with Gasteiger partial charge in [-0.1, -0.05) is 29.8 Å². The molecule has 1 N–H and O–H groups in total. The Morgan fingerprint density at radius 3 is 2.30 bits per heavy atom. The molecule has 2 aliphatic heterocycles. The zero-order valence-electron chi connectivity index (χ0n) is 19.5. The van der Waals surface area contributed by atoms with Crippen molar-refractivity contribution in [3.05, 3.63) is 59.7 Å². The molecule has 0 atom stereocenters. The predicted octanol–water partition coefficient (Wildman–Crippen LogP) is 2.78. The summed E-state index contributed by atoms with van der Waals surface area (Å²) in [6, 6.07) is 15.0. The van der Waals surface area contributed by atoms with Crippen LogP contribution in [-0.4, -0.2) is 74.7 Å². The first-order valence-corrected chi connectivity index (χ1v) is 13.1. The molecule has 2 aliphatic rings. The SMILES string of the molecule is Cc1ccc(S(=O)(=O)N2CCC(C(=O)Nc3cccc(CN4CCN(C)CC4)c3)CC2)cc1. The highest BCUT2D eigenvalue weighted by Gasteiger charge is 2.32. The van der Waals surface area contributed by atoms with Crippen molar-refractivity contribution in [1.29, 1.82) is 0 Å². The maximum Gasteiger partial charge on any atom is 0.243 e. The lowest BCUT2D eigenvalue weighted by Crippen LogP contribution is -2.43. The summed E-state index contributed by atoms with van der Waals surface area (Å²) in [5.41, 5.74) is 3.02. The Balaban J connectivity index is 1.31. The van der Waals surface area contributed by atoms with Gasteiger partial charge in [0, 0.05) is 57.4 Å². The minimum atomic E-state index is -3.52. The molecule has 0 aromatic heterocycles. The van der Waals surface area contributed by atoms with Gasteiger partial charge in [0.15, 0.2) is 0 Å². The first kappa shape index (κ1) is 23.9. The van der Waals surface area contributed by atoms with E-state index in [9.17, 15) is 13.2 Å². The molecule has 2 aromatic rings. The highest BCUT2D eigenvalue weighted by atomic mass is 32.2. The van der Waals surface area contributed by atoms with Crippen LogP contribution in [-0.2, 0) is 21.4 Å². The van der Waals surface area contributed by atoms with Crippen LogP contribution >= 0.6 is 0 Å². The van der Waals surface area contributed by atoms with E-state index in [1.807, 2.05) is 37.3 Å². The molecule has 0 aliphatic carbocycles. The van der Waals surface area contributed by atoms with Crippen molar-refractivity contribution >= 4 is 21.6 Å². The van der Waals surface area contributed by atoms with Crippen LogP contribution in [0.5, 0.6) is 0 Å². The quantitative estimate of drug-likeness (QED) is 0.703. The topological polar surface area (TPSA) is 73.0 Å². The second-order valence-corrected chi connectivity index (χ2v) is 11.2.